The predicted molar refractivity (Wildman–Crippen MR) is 211 cm³/mol. The Labute approximate surface area is 334 Å². The molecular weight excluding hydrogens is 739 g/mol. The Morgan fingerprint density at radius 2 is 1.14 bits per heavy atom. The SMILES string of the molecule is CC1(C)C=Cc2cc3c(cc21)[cH-]c1cc2c(cc13)C=CC2(C)C.CC1[C-]=CC(C(C)(C)C)=C1.[Cl-].[Cl-].[Zr+2]=[C](Cc1ccccc1)Cc1ccccc1. The third-order valence-corrected chi connectivity index (χ3v) is 11.0. The average molecular weight is 789 g/mol. The van der Waals surface area contributed by atoms with Crippen LogP contribution in [0.5, 0.6) is 0 Å². The van der Waals surface area contributed by atoms with Gasteiger partial charge in [0.1, 0.15) is 0 Å². The van der Waals surface area contributed by atoms with E-state index in [4.69, 9.17) is 0 Å². The molecule has 1 atom stereocenters. The first-order valence-corrected chi connectivity index (χ1v) is 19.0. The molecule has 3 heteroatoms. The molecule has 5 aromatic carbocycles. The molecular formula is C48H50Cl2Zr-2. The Hall–Kier alpha value is -2.96. The van der Waals surface area contributed by atoms with Gasteiger partial charge in [-0.15, -0.1) is 39.7 Å². The molecule has 0 heterocycles. The van der Waals surface area contributed by atoms with E-state index in [1.165, 1.54) is 60.5 Å². The molecule has 3 aliphatic carbocycles. The molecule has 262 valence electrons. The van der Waals surface area contributed by atoms with Gasteiger partial charge in [0.05, 0.1) is 0 Å². The van der Waals surface area contributed by atoms with Crippen molar-refractivity contribution in [1.82, 2.24) is 0 Å². The van der Waals surface area contributed by atoms with Crippen LogP contribution in [0.1, 0.15) is 88.8 Å². The Morgan fingerprint density at radius 1 is 0.706 bits per heavy atom. The van der Waals surface area contributed by atoms with Crippen LogP contribution in [0.3, 0.4) is 0 Å². The second-order valence-electron chi connectivity index (χ2n) is 16.2. The zero-order valence-electron chi connectivity index (χ0n) is 31.4. The molecule has 0 saturated carbocycles. The zero-order valence-corrected chi connectivity index (χ0v) is 35.3. The van der Waals surface area contributed by atoms with Crippen molar-refractivity contribution in [2.45, 2.75) is 79.1 Å². The standard InChI is InChI=1S/C23H21.C15H14.C10H15.2ClH.Zr/c1-22(2)7-5-14-10-18-16(12-20(14)22)9-17-13-21-15(11-19(17)18)6-8-23(21,3)4;1-3-8-14(9-4-1)12-7-13-15-10-5-2-6-11-15;1-8-5-6-9(7-8)10(2,3)4;;;/h5-13H,1-4H3;1-6,8-11H,12-13H2;6-8H,1-4H3;2*1H;/q-1;;-1;;;+2/p-2. The first-order chi connectivity index (χ1) is 23.2. The van der Waals surface area contributed by atoms with Crippen LogP contribution in [0.25, 0.3) is 33.7 Å². The second-order valence-corrected chi connectivity index (χ2v) is 17.9. The summed E-state index contributed by atoms with van der Waals surface area (Å²) in [6.07, 6.45) is 19.1. The van der Waals surface area contributed by atoms with Crippen LogP contribution in [0.4, 0.5) is 0 Å². The van der Waals surface area contributed by atoms with E-state index in [0.717, 1.165) is 12.8 Å². The van der Waals surface area contributed by atoms with E-state index in [1.807, 2.05) is 0 Å². The van der Waals surface area contributed by atoms with Crippen molar-refractivity contribution in [2.24, 2.45) is 11.3 Å². The fourth-order valence-electron chi connectivity index (χ4n) is 7.11. The maximum atomic E-state index is 3.26. The minimum absolute atomic E-state index is 0. The van der Waals surface area contributed by atoms with Crippen molar-refractivity contribution in [3.8, 4) is 0 Å². The summed E-state index contributed by atoms with van der Waals surface area (Å²) in [5, 5.41) is 5.53. The number of hydrogen-bond acceptors (Lipinski definition) is 0. The molecule has 0 aromatic heterocycles. The topological polar surface area (TPSA) is 0 Å². The van der Waals surface area contributed by atoms with Crippen LogP contribution < -0.4 is 24.8 Å². The van der Waals surface area contributed by atoms with E-state index in [0.29, 0.717) is 11.3 Å². The molecule has 0 aliphatic heterocycles. The summed E-state index contributed by atoms with van der Waals surface area (Å²) >= 11 is 1.55. The number of benzene rings is 4. The van der Waals surface area contributed by atoms with Crippen molar-refractivity contribution in [3.05, 3.63) is 160 Å². The van der Waals surface area contributed by atoms with Gasteiger partial charge in [0, 0.05) is 10.8 Å². The van der Waals surface area contributed by atoms with Crippen LogP contribution in [-0.4, -0.2) is 3.21 Å². The van der Waals surface area contributed by atoms with Gasteiger partial charge in [0.25, 0.3) is 0 Å². The number of allylic oxidation sites excluding steroid dienone is 6. The molecule has 0 bridgehead atoms. The van der Waals surface area contributed by atoms with Crippen molar-refractivity contribution in [1.29, 1.82) is 0 Å². The third-order valence-electron chi connectivity index (χ3n) is 10.1. The van der Waals surface area contributed by atoms with Gasteiger partial charge >= 0.3 is 112 Å². The van der Waals surface area contributed by atoms with E-state index in [-0.39, 0.29) is 35.6 Å². The van der Waals surface area contributed by atoms with E-state index in [2.05, 4.69) is 189 Å². The Bertz CT molecular complexity index is 1990. The molecule has 51 heavy (non-hydrogen) atoms. The summed E-state index contributed by atoms with van der Waals surface area (Å²) < 4.78 is 1.60. The molecule has 8 rings (SSSR count). The van der Waals surface area contributed by atoms with Gasteiger partial charge in [0.2, 0.25) is 0 Å². The van der Waals surface area contributed by atoms with Gasteiger partial charge in [-0.3, -0.25) is 6.08 Å². The van der Waals surface area contributed by atoms with Crippen molar-refractivity contribution >= 4 is 36.9 Å². The minimum atomic E-state index is 0. The molecule has 0 fully saturated rings. The third kappa shape index (κ3) is 9.54. The van der Waals surface area contributed by atoms with Crippen LogP contribution in [-0.2, 0) is 47.9 Å². The fraction of sp³-hybridized carbons (Fsp3) is 0.292. The van der Waals surface area contributed by atoms with Crippen molar-refractivity contribution in [2.75, 3.05) is 0 Å². The molecule has 3 aliphatic rings. The Morgan fingerprint density at radius 3 is 1.49 bits per heavy atom. The number of halogens is 2. The fourth-order valence-corrected chi connectivity index (χ4v) is 8.11. The average Bonchev–Trinajstić information content (AvgIpc) is 3.80. The van der Waals surface area contributed by atoms with E-state index in [1.54, 1.807) is 27.4 Å². The molecule has 0 nitrogen and oxygen atoms in total. The Kier molecular flexibility index (Phi) is 13.1. The van der Waals surface area contributed by atoms with Crippen molar-refractivity contribution < 1.29 is 49.0 Å². The van der Waals surface area contributed by atoms with E-state index in [9.17, 15) is 0 Å². The maximum absolute atomic E-state index is 3.26. The molecule has 0 spiro atoms. The first-order valence-electron chi connectivity index (χ1n) is 17.8. The zero-order chi connectivity index (χ0) is 35.0. The summed E-state index contributed by atoms with van der Waals surface area (Å²) in [4.78, 5) is 0. The number of fused-ring (bicyclic) bond motifs is 5. The van der Waals surface area contributed by atoms with E-state index < -0.39 is 0 Å². The van der Waals surface area contributed by atoms with Crippen LogP contribution in [0, 0.1) is 17.4 Å². The van der Waals surface area contributed by atoms with Crippen LogP contribution >= 0.6 is 0 Å². The summed E-state index contributed by atoms with van der Waals surface area (Å²) in [5.41, 5.74) is 10.5. The van der Waals surface area contributed by atoms with Gasteiger partial charge < -0.3 is 24.8 Å². The summed E-state index contributed by atoms with van der Waals surface area (Å²) in [6, 6.07) is 33.3. The molecule has 1 unspecified atom stereocenters. The van der Waals surface area contributed by atoms with Crippen LogP contribution in [0.15, 0.2) is 121 Å². The van der Waals surface area contributed by atoms with Gasteiger partial charge in [-0.05, 0) is 11.1 Å². The number of hydrogen-bond donors (Lipinski definition) is 0. The molecule has 0 saturated heterocycles. The quantitative estimate of drug-likeness (QED) is 0.183. The molecule has 0 N–H and O–H groups in total. The summed E-state index contributed by atoms with van der Waals surface area (Å²) in [6.45, 7) is 18.0. The molecule has 0 radical (unpaired) electrons. The summed E-state index contributed by atoms with van der Waals surface area (Å²) in [5.74, 6) is 0.522. The van der Waals surface area contributed by atoms with Gasteiger partial charge in [-0.2, -0.15) is 11.6 Å². The van der Waals surface area contributed by atoms with E-state index >= 15 is 0 Å². The molecule has 5 aromatic rings. The van der Waals surface area contributed by atoms with Gasteiger partial charge in [-0.1, -0.05) is 114 Å². The van der Waals surface area contributed by atoms with Gasteiger partial charge in [0.15, 0.2) is 0 Å². The second kappa shape index (κ2) is 16.4. The van der Waals surface area contributed by atoms with Crippen LogP contribution in [0.2, 0.25) is 0 Å². The number of rotatable bonds is 4. The predicted octanol–water partition coefficient (Wildman–Crippen LogP) is 6.49. The summed E-state index contributed by atoms with van der Waals surface area (Å²) in [7, 11) is 0. The first kappa shape index (κ1) is 40.8. The normalized spacial score (nSPS) is 17.0. The monoisotopic (exact) mass is 786 g/mol. The van der Waals surface area contributed by atoms with Crippen molar-refractivity contribution in [3.63, 3.8) is 0 Å². The molecule has 0 amide bonds. The van der Waals surface area contributed by atoms with Gasteiger partial charge in [-0.25, -0.2) is 6.08 Å². The Balaban J connectivity index is 0.000000183.